The first-order valence-corrected chi connectivity index (χ1v) is 9.06. The van der Waals surface area contributed by atoms with E-state index in [1.165, 1.54) is 5.56 Å². The third-order valence-corrected chi connectivity index (χ3v) is 5.56. The molecule has 0 amide bonds. The minimum absolute atomic E-state index is 0.0895. The summed E-state index contributed by atoms with van der Waals surface area (Å²) in [6.07, 6.45) is 0. The lowest BCUT2D eigenvalue weighted by atomic mass is 9.91. The highest BCUT2D eigenvalue weighted by molar-refractivity contribution is 9.11. The van der Waals surface area contributed by atoms with Gasteiger partial charge in [0.05, 0.1) is 4.47 Å². The van der Waals surface area contributed by atoms with Crippen molar-refractivity contribution >= 4 is 42.8 Å². The molecule has 0 aromatic heterocycles. The average Bonchev–Trinajstić information content (AvgIpc) is 2.58. The van der Waals surface area contributed by atoms with E-state index in [1.54, 1.807) is 6.07 Å². The van der Waals surface area contributed by atoms with Crippen LogP contribution in [0.4, 0.5) is 0 Å². The van der Waals surface area contributed by atoms with Gasteiger partial charge in [-0.15, -0.1) is 0 Å². The molecule has 1 heterocycles. The maximum Gasteiger partial charge on any atom is 0.196 e. The first-order valence-electron chi connectivity index (χ1n) is 7.47. The lowest BCUT2D eigenvalue weighted by Crippen LogP contribution is -2.04. The first-order chi connectivity index (χ1) is 11.6. The van der Waals surface area contributed by atoms with Gasteiger partial charge in [-0.25, -0.2) is 0 Å². The molecule has 4 rings (SSSR count). The fourth-order valence-corrected chi connectivity index (χ4v) is 3.91. The zero-order valence-electron chi connectivity index (χ0n) is 12.8. The van der Waals surface area contributed by atoms with Crippen LogP contribution in [0.2, 0.25) is 0 Å². The van der Waals surface area contributed by atoms with Gasteiger partial charge in [-0.1, -0.05) is 36.4 Å². The SMILES string of the molecule is Cc1ccccc1-c1c2ccc(=O)c(Br)c-2oc2c(Br)cccc12. The second kappa shape index (κ2) is 5.87. The molecule has 2 aromatic rings. The van der Waals surface area contributed by atoms with Crippen LogP contribution in [-0.2, 0) is 0 Å². The van der Waals surface area contributed by atoms with Gasteiger partial charge < -0.3 is 4.42 Å². The molecule has 0 unspecified atom stereocenters. The smallest absolute Gasteiger partial charge is 0.196 e. The molecule has 4 heteroatoms. The number of hydrogen-bond donors (Lipinski definition) is 0. The molecule has 118 valence electrons. The number of aryl methyl sites for hydroxylation is 1. The van der Waals surface area contributed by atoms with Gasteiger partial charge in [0.25, 0.3) is 0 Å². The van der Waals surface area contributed by atoms with E-state index in [4.69, 9.17) is 4.42 Å². The van der Waals surface area contributed by atoms with Gasteiger partial charge in [0.15, 0.2) is 11.2 Å². The Kier molecular flexibility index (Phi) is 3.82. The zero-order chi connectivity index (χ0) is 16.8. The van der Waals surface area contributed by atoms with Gasteiger partial charge in [-0.05, 0) is 68.1 Å². The third kappa shape index (κ3) is 2.33. The van der Waals surface area contributed by atoms with Gasteiger partial charge in [0, 0.05) is 16.5 Å². The fraction of sp³-hybridized carbons (Fsp3) is 0.0500. The molecule has 0 spiro atoms. The molecular formula is C20H12Br2O2. The second-order valence-electron chi connectivity index (χ2n) is 5.66. The Bertz CT molecular complexity index is 1110. The lowest BCUT2D eigenvalue weighted by Gasteiger charge is -2.17. The molecule has 0 saturated carbocycles. The van der Waals surface area contributed by atoms with Gasteiger partial charge >= 0.3 is 0 Å². The topological polar surface area (TPSA) is 30.2 Å². The Morgan fingerprint density at radius 1 is 0.875 bits per heavy atom. The summed E-state index contributed by atoms with van der Waals surface area (Å²) < 4.78 is 7.41. The molecule has 0 fully saturated rings. The minimum Gasteiger partial charge on any atom is -0.454 e. The monoisotopic (exact) mass is 442 g/mol. The number of para-hydroxylation sites is 1. The maximum absolute atomic E-state index is 12.1. The predicted octanol–water partition coefficient (Wildman–Crippen LogP) is 6.40. The predicted molar refractivity (Wildman–Crippen MR) is 105 cm³/mol. The summed E-state index contributed by atoms with van der Waals surface area (Å²) >= 11 is 6.96. The van der Waals surface area contributed by atoms with Crippen LogP contribution in [0.1, 0.15) is 5.56 Å². The molecule has 2 aliphatic rings. The van der Waals surface area contributed by atoms with Crippen molar-refractivity contribution in [3.8, 4) is 22.5 Å². The van der Waals surface area contributed by atoms with Crippen molar-refractivity contribution in [2.24, 2.45) is 0 Å². The van der Waals surface area contributed by atoms with Crippen LogP contribution in [-0.4, -0.2) is 0 Å². The van der Waals surface area contributed by atoms with E-state index in [0.29, 0.717) is 10.2 Å². The molecule has 0 radical (unpaired) electrons. The van der Waals surface area contributed by atoms with Crippen LogP contribution in [0.25, 0.3) is 33.4 Å². The molecular weight excluding hydrogens is 432 g/mol. The fourth-order valence-electron chi connectivity index (χ4n) is 3.03. The van der Waals surface area contributed by atoms with E-state index in [1.807, 2.05) is 36.4 Å². The first kappa shape index (κ1) is 15.6. The minimum atomic E-state index is -0.0895. The molecule has 2 aromatic carbocycles. The largest absolute Gasteiger partial charge is 0.454 e. The van der Waals surface area contributed by atoms with Gasteiger partial charge in [-0.2, -0.15) is 0 Å². The number of hydrogen-bond acceptors (Lipinski definition) is 2. The molecule has 2 nitrogen and oxygen atoms in total. The van der Waals surface area contributed by atoms with E-state index in [9.17, 15) is 4.79 Å². The lowest BCUT2D eigenvalue weighted by molar-refractivity contribution is 0.614. The second-order valence-corrected chi connectivity index (χ2v) is 7.31. The van der Waals surface area contributed by atoms with Crippen LogP contribution in [0.15, 0.2) is 72.8 Å². The number of rotatable bonds is 1. The van der Waals surface area contributed by atoms with Crippen LogP contribution >= 0.6 is 31.9 Å². The normalized spacial score (nSPS) is 11.3. The van der Waals surface area contributed by atoms with E-state index in [2.05, 4.69) is 50.9 Å². The van der Waals surface area contributed by atoms with Crippen LogP contribution in [0.3, 0.4) is 0 Å². The summed E-state index contributed by atoms with van der Waals surface area (Å²) in [4.78, 5) is 12.1. The standard InChI is InChI=1S/C20H12Br2O2/c1-11-5-2-3-6-12(11)17-13-7-4-8-15(21)19(13)24-20-14(17)9-10-16(23)18(20)22/h2-10H,1H3. The summed E-state index contributed by atoms with van der Waals surface area (Å²) in [5.74, 6) is 0.570. The van der Waals surface area contributed by atoms with Gasteiger partial charge in [0.2, 0.25) is 0 Å². The maximum atomic E-state index is 12.1. The van der Waals surface area contributed by atoms with Gasteiger partial charge in [-0.3, -0.25) is 4.79 Å². The molecule has 0 saturated heterocycles. The van der Waals surface area contributed by atoms with E-state index >= 15 is 0 Å². The molecule has 1 aliphatic heterocycles. The Morgan fingerprint density at radius 2 is 1.67 bits per heavy atom. The quantitative estimate of drug-likeness (QED) is 0.318. The van der Waals surface area contributed by atoms with E-state index in [0.717, 1.165) is 32.1 Å². The summed E-state index contributed by atoms with van der Waals surface area (Å²) in [5.41, 5.74) is 4.94. The summed E-state index contributed by atoms with van der Waals surface area (Å²) in [5, 5.41) is 1.01. The van der Waals surface area contributed by atoms with Crippen molar-refractivity contribution in [3.63, 3.8) is 0 Å². The summed E-state index contributed by atoms with van der Waals surface area (Å²) in [6.45, 7) is 2.09. The molecule has 0 atom stereocenters. The van der Waals surface area contributed by atoms with E-state index in [-0.39, 0.29) is 5.43 Å². The van der Waals surface area contributed by atoms with E-state index < -0.39 is 0 Å². The van der Waals surface area contributed by atoms with Crippen LogP contribution in [0.5, 0.6) is 0 Å². The third-order valence-electron chi connectivity index (χ3n) is 4.19. The molecule has 1 aliphatic carbocycles. The highest BCUT2D eigenvalue weighted by atomic mass is 79.9. The van der Waals surface area contributed by atoms with Crippen LogP contribution < -0.4 is 5.43 Å². The van der Waals surface area contributed by atoms with Crippen molar-refractivity contribution in [3.05, 3.63) is 79.3 Å². The van der Waals surface area contributed by atoms with Crippen molar-refractivity contribution in [1.82, 2.24) is 0 Å². The van der Waals surface area contributed by atoms with Crippen molar-refractivity contribution in [2.75, 3.05) is 0 Å². The Labute approximate surface area is 155 Å². The Hall–Kier alpha value is -1.91. The average molecular weight is 444 g/mol. The van der Waals surface area contributed by atoms with Crippen molar-refractivity contribution in [1.29, 1.82) is 0 Å². The molecule has 24 heavy (non-hydrogen) atoms. The zero-order valence-corrected chi connectivity index (χ0v) is 15.9. The highest BCUT2D eigenvalue weighted by Gasteiger charge is 2.22. The molecule has 0 bridgehead atoms. The van der Waals surface area contributed by atoms with Crippen molar-refractivity contribution < 1.29 is 4.42 Å². The Balaban J connectivity index is 2.29. The molecule has 0 N–H and O–H groups in total. The van der Waals surface area contributed by atoms with Crippen molar-refractivity contribution in [2.45, 2.75) is 6.92 Å². The highest BCUT2D eigenvalue weighted by Crippen LogP contribution is 2.44. The summed E-state index contributed by atoms with van der Waals surface area (Å²) in [7, 11) is 0. The number of halogens is 2. The number of fused-ring (bicyclic) bond motifs is 2. The van der Waals surface area contributed by atoms with Gasteiger partial charge in [0.1, 0.15) is 10.1 Å². The Morgan fingerprint density at radius 3 is 2.46 bits per heavy atom. The van der Waals surface area contributed by atoms with Crippen LogP contribution in [0, 0.1) is 6.92 Å². The summed E-state index contributed by atoms with van der Waals surface area (Å²) in [6, 6.07) is 17.6. The number of benzene rings is 3.